The van der Waals surface area contributed by atoms with E-state index in [1.54, 1.807) is 4.90 Å². The van der Waals surface area contributed by atoms with E-state index < -0.39 is 5.60 Å². The second-order valence-electron chi connectivity index (χ2n) is 10.5. The predicted molar refractivity (Wildman–Crippen MR) is 144 cm³/mol. The van der Waals surface area contributed by atoms with Gasteiger partial charge in [0, 0.05) is 45.0 Å². The Morgan fingerprint density at radius 1 is 1.05 bits per heavy atom. The molecule has 1 fully saturated rings. The lowest BCUT2D eigenvalue weighted by atomic mass is 10.1. The van der Waals surface area contributed by atoms with E-state index in [1.807, 2.05) is 62.9 Å². The molecule has 8 heteroatoms. The monoisotopic (exact) mass is 499 g/mol. The normalized spacial score (nSPS) is 15.3. The molecule has 3 aromatic rings. The lowest BCUT2D eigenvalue weighted by molar-refractivity contribution is 0.0240. The van der Waals surface area contributed by atoms with Crippen molar-refractivity contribution in [2.45, 2.75) is 39.8 Å². The highest BCUT2D eigenvalue weighted by Gasteiger charge is 2.28. The van der Waals surface area contributed by atoms with Crippen molar-refractivity contribution in [3.63, 3.8) is 0 Å². The average Bonchev–Trinajstić information content (AvgIpc) is 3.23. The van der Waals surface area contributed by atoms with Gasteiger partial charge in [0.15, 0.2) is 5.69 Å². The standard InChI is InChI=1S/C29H30FN5O2/c1-19-26-14-21(20-6-8-23(31-5)9-7-20)17-35(26)18-22-15-27(24(30)16-25(22)32-19)33-10-12-34(13-11-33)28(36)37-29(2,3)4/h6-9,14-17H,10-13,18H2,1-4H3. The first-order valence-electron chi connectivity index (χ1n) is 12.4. The summed E-state index contributed by atoms with van der Waals surface area (Å²) in [5.41, 5.74) is 6.04. The third kappa shape index (κ3) is 5.08. The summed E-state index contributed by atoms with van der Waals surface area (Å²) in [5, 5.41) is 0. The van der Waals surface area contributed by atoms with E-state index in [9.17, 15) is 4.79 Å². The lowest BCUT2D eigenvalue weighted by Crippen LogP contribution is -2.50. The molecule has 1 saturated heterocycles. The predicted octanol–water partition coefficient (Wildman–Crippen LogP) is 6.40. The molecule has 2 aromatic carbocycles. The van der Waals surface area contributed by atoms with Gasteiger partial charge in [0.25, 0.3) is 0 Å². The molecule has 0 spiro atoms. The number of benzene rings is 2. The molecule has 37 heavy (non-hydrogen) atoms. The number of carbonyl (C=O) groups is 1. The Balaban J connectivity index is 1.38. The molecule has 7 nitrogen and oxygen atoms in total. The van der Waals surface area contributed by atoms with E-state index in [0.717, 1.165) is 28.1 Å². The zero-order chi connectivity index (χ0) is 26.3. The summed E-state index contributed by atoms with van der Waals surface area (Å²) in [4.78, 5) is 24.3. The molecule has 0 N–H and O–H groups in total. The van der Waals surface area contributed by atoms with E-state index in [-0.39, 0.29) is 11.9 Å². The largest absolute Gasteiger partial charge is 0.444 e. The van der Waals surface area contributed by atoms with Crippen molar-refractivity contribution >= 4 is 28.9 Å². The fourth-order valence-electron chi connectivity index (χ4n) is 4.78. The maximum atomic E-state index is 15.3. The van der Waals surface area contributed by atoms with Gasteiger partial charge in [-0.3, -0.25) is 4.99 Å². The minimum Gasteiger partial charge on any atom is -0.444 e. The number of fused-ring (bicyclic) bond motifs is 2. The van der Waals surface area contributed by atoms with Crippen LogP contribution in [0.25, 0.3) is 16.0 Å². The van der Waals surface area contributed by atoms with Crippen LogP contribution >= 0.6 is 0 Å². The SMILES string of the molecule is [C-]#[N+]c1ccc(-c2cc3n(c2)Cc2cc(N4CCN(C(=O)OC(C)(C)C)CC4)c(F)cc2N=C3C)cc1. The highest BCUT2D eigenvalue weighted by molar-refractivity contribution is 6.01. The summed E-state index contributed by atoms with van der Waals surface area (Å²) in [6, 6.07) is 13.0. The Kier molecular flexibility index (Phi) is 6.24. The molecular weight excluding hydrogens is 469 g/mol. The van der Waals surface area contributed by atoms with Gasteiger partial charge in [-0.2, -0.15) is 0 Å². The van der Waals surface area contributed by atoms with Crippen molar-refractivity contribution in [1.82, 2.24) is 9.47 Å². The molecule has 2 aliphatic rings. The third-order valence-corrected chi connectivity index (χ3v) is 6.65. The first kappa shape index (κ1) is 24.6. The van der Waals surface area contributed by atoms with Crippen LogP contribution in [0.2, 0.25) is 0 Å². The molecule has 0 unspecified atom stereocenters. The summed E-state index contributed by atoms with van der Waals surface area (Å²) >= 11 is 0. The number of nitrogens with zero attached hydrogens (tertiary/aromatic N) is 5. The summed E-state index contributed by atoms with van der Waals surface area (Å²) < 4.78 is 22.9. The highest BCUT2D eigenvalue weighted by Crippen LogP contribution is 2.35. The molecule has 0 radical (unpaired) electrons. The van der Waals surface area contributed by atoms with Crippen molar-refractivity contribution in [3.05, 3.63) is 77.2 Å². The maximum absolute atomic E-state index is 15.3. The number of ether oxygens (including phenoxy) is 1. The van der Waals surface area contributed by atoms with Crippen LogP contribution in [0, 0.1) is 12.4 Å². The van der Waals surface area contributed by atoms with Gasteiger partial charge in [0.05, 0.1) is 29.4 Å². The summed E-state index contributed by atoms with van der Waals surface area (Å²) in [6.07, 6.45) is 1.75. The molecule has 0 saturated carbocycles. The Bertz CT molecular complexity index is 1420. The summed E-state index contributed by atoms with van der Waals surface area (Å²) in [7, 11) is 0. The fourth-order valence-corrected chi connectivity index (χ4v) is 4.78. The first-order chi connectivity index (χ1) is 17.6. The Labute approximate surface area is 216 Å². The second kappa shape index (κ2) is 9.40. The number of amides is 1. The van der Waals surface area contributed by atoms with Gasteiger partial charge in [0.1, 0.15) is 11.4 Å². The molecule has 0 aliphatic carbocycles. The summed E-state index contributed by atoms with van der Waals surface area (Å²) in [6.45, 7) is 17.2. The highest BCUT2D eigenvalue weighted by atomic mass is 19.1. The van der Waals surface area contributed by atoms with E-state index in [1.165, 1.54) is 6.07 Å². The maximum Gasteiger partial charge on any atom is 0.410 e. The van der Waals surface area contributed by atoms with Crippen LogP contribution in [-0.4, -0.2) is 53.1 Å². The smallest absolute Gasteiger partial charge is 0.410 e. The first-order valence-corrected chi connectivity index (χ1v) is 12.4. The molecule has 2 aliphatic heterocycles. The van der Waals surface area contributed by atoms with Crippen LogP contribution in [0.3, 0.4) is 0 Å². The zero-order valence-electron chi connectivity index (χ0n) is 21.6. The van der Waals surface area contributed by atoms with Crippen LogP contribution < -0.4 is 4.90 Å². The Morgan fingerprint density at radius 3 is 2.41 bits per heavy atom. The zero-order valence-corrected chi connectivity index (χ0v) is 21.6. The molecule has 0 bridgehead atoms. The van der Waals surface area contributed by atoms with Crippen molar-refractivity contribution in [1.29, 1.82) is 0 Å². The molecular formula is C29H30FN5O2. The number of rotatable bonds is 2. The minimum absolute atomic E-state index is 0.312. The van der Waals surface area contributed by atoms with Crippen molar-refractivity contribution < 1.29 is 13.9 Å². The van der Waals surface area contributed by atoms with Crippen molar-refractivity contribution in [2.24, 2.45) is 4.99 Å². The van der Waals surface area contributed by atoms with Crippen molar-refractivity contribution in [2.75, 3.05) is 31.1 Å². The van der Waals surface area contributed by atoms with Crippen LogP contribution in [0.5, 0.6) is 0 Å². The number of hydrogen-bond donors (Lipinski definition) is 0. The van der Waals surface area contributed by atoms with E-state index in [4.69, 9.17) is 16.3 Å². The second-order valence-corrected chi connectivity index (χ2v) is 10.5. The van der Waals surface area contributed by atoms with Gasteiger partial charge < -0.3 is 19.1 Å². The fraction of sp³-hybridized carbons (Fsp3) is 0.345. The molecule has 190 valence electrons. The van der Waals surface area contributed by atoms with Gasteiger partial charge in [0.2, 0.25) is 0 Å². The third-order valence-electron chi connectivity index (χ3n) is 6.65. The average molecular weight is 500 g/mol. The Morgan fingerprint density at radius 2 is 1.76 bits per heavy atom. The van der Waals surface area contributed by atoms with E-state index in [0.29, 0.717) is 49.8 Å². The van der Waals surface area contributed by atoms with Gasteiger partial charge in [-0.05, 0) is 56.5 Å². The quantitative estimate of drug-likeness (QED) is 0.383. The van der Waals surface area contributed by atoms with Gasteiger partial charge in [-0.25, -0.2) is 14.0 Å². The molecule has 1 aromatic heterocycles. The number of halogens is 1. The minimum atomic E-state index is -0.547. The van der Waals surface area contributed by atoms with Crippen LogP contribution in [0.15, 0.2) is 53.7 Å². The van der Waals surface area contributed by atoms with Crippen LogP contribution in [0.4, 0.5) is 26.2 Å². The lowest BCUT2D eigenvalue weighted by Gasteiger charge is -2.37. The number of carbonyl (C=O) groups excluding carboxylic acids is 1. The number of aromatic nitrogens is 1. The van der Waals surface area contributed by atoms with Crippen LogP contribution in [-0.2, 0) is 11.3 Å². The molecule has 5 rings (SSSR count). The number of hydrogen-bond acceptors (Lipinski definition) is 4. The van der Waals surface area contributed by atoms with Gasteiger partial charge >= 0.3 is 6.09 Å². The number of aliphatic imine (C=N–C) groups is 1. The topological polar surface area (TPSA) is 54.4 Å². The summed E-state index contributed by atoms with van der Waals surface area (Å²) in [5.74, 6) is -0.312. The van der Waals surface area contributed by atoms with Gasteiger partial charge in [-0.1, -0.05) is 24.3 Å². The number of piperazine rings is 1. The molecule has 0 atom stereocenters. The Hall–Kier alpha value is -4.12. The van der Waals surface area contributed by atoms with E-state index >= 15 is 4.39 Å². The van der Waals surface area contributed by atoms with Crippen LogP contribution in [0.1, 0.15) is 39.0 Å². The van der Waals surface area contributed by atoms with Crippen molar-refractivity contribution in [3.8, 4) is 11.1 Å². The molecule has 3 heterocycles. The molecule has 1 amide bonds. The number of anilines is 1. The van der Waals surface area contributed by atoms with E-state index in [2.05, 4.69) is 21.7 Å². The van der Waals surface area contributed by atoms with Gasteiger partial charge in [-0.15, -0.1) is 0 Å².